The molecule has 2 bridgehead atoms. The molecule has 0 saturated heterocycles. The van der Waals surface area contributed by atoms with E-state index in [1.54, 1.807) is 11.8 Å². The van der Waals surface area contributed by atoms with Crippen molar-refractivity contribution in [2.75, 3.05) is 19.7 Å². The Labute approximate surface area is 264 Å². The Kier molecular flexibility index (Phi) is 14.5. The molecule has 1 aromatic heterocycles. The number of pyridine rings is 1. The van der Waals surface area contributed by atoms with Crippen LogP contribution in [0.2, 0.25) is 0 Å². The van der Waals surface area contributed by atoms with Crippen molar-refractivity contribution in [1.82, 2.24) is 26.3 Å². The third-order valence-corrected chi connectivity index (χ3v) is 9.01. The molecule has 3 aliphatic rings. The van der Waals surface area contributed by atoms with Gasteiger partial charge in [-0.05, 0) is 62.9 Å². The number of hydrogen-bond donors (Lipinski definition) is 4. The molecular formula is C30H43Cl2MnN5O2S. The van der Waals surface area contributed by atoms with Crippen LogP contribution < -0.4 is 21.3 Å². The van der Waals surface area contributed by atoms with Gasteiger partial charge in [0.1, 0.15) is 0 Å². The standard InChI is InChI=1S/C30H43N5O2S.2ClH.Mn/c1-2-37-30(36)21-8-7-9-24(16-21)38-25-17-22-19-33-28-12-5-3-10-26(28)31-14-15-32-27-11-4-6-13-29(27)34-20-23(18-25)35-22;;;/h7-9,16-18,26-29,31-34H,2-6,10-15,19-20H2,1H3;2*1H;/q;;;+2/p-2/t26-,27-,28-,29-;;;/m1.../s1. The summed E-state index contributed by atoms with van der Waals surface area (Å²) in [6.45, 7) is 5.77. The van der Waals surface area contributed by atoms with Gasteiger partial charge < -0.3 is 26.0 Å². The molecule has 0 spiro atoms. The molecule has 0 radical (unpaired) electrons. The van der Waals surface area contributed by atoms with E-state index in [-0.39, 0.29) is 19.1 Å². The molecule has 2 heterocycles. The topological polar surface area (TPSA) is 87.3 Å². The van der Waals surface area contributed by atoms with Crippen LogP contribution in [0.25, 0.3) is 0 Å². The van der Waals surface area contributed by atoms with E-state index in [9.17, 15) is 4.79 Å². The fraction of sp³-hybridized carbons (Fsp3) is 0.600. The van der Waals surface area contributed by atoms with Crippen molar-refractivity contribution < 1.29 is 22.7 Å². The minimum absolute atomic E-state index is 0.00694. The van der Waals surface area contributed by atoms with Crippen molar-refractivity contribution >= 4 is 37.9 Å². The molecule has 7 nitrogen and oxygen atoms in total. The second-order valence-electron chi connectivity index (χ2n) is 10.9. The zero-order valence-electron chi connectivity index (χ0n) is 23.8. The van der Waals surface area contributed by atoms with Crippen molar-refractivity contribution in [1.29, 1.82) is 0 Å². The fourth-order valence-electron chi connectivity index (χ4n) is 6.12. The molecule has 0 unspecified atom stereocenters. The molecule has 2 fully saturated rings. The van der Waals surface area contributed by atoms with E-state index >= 15 is 0 Å². The Balaban J connectivity index is 0.00000124. The van der Waals surface area contributed by atoms with Gasteiger partial charge in [0, 0.05) is 60.1 Å². The van der Waals surface area contributed by atoms with Gasteiger partial charge in [-0.3, -0.25) is 4.98 Å². The van der Waals surface area contributed by atoms with E-state index < -0.39 is 0 Å². The number of halogens is 2. The van der Waals surface area contributed by atoms with Crippen molar-refractivity contribution in [3.8, 4) is 0 Å². The molecule has 1 aromatic carbocycles. The maximum atomic E-state index is 12.3. The molecule has 2 aliphatic carbocycles. The van der Waals surface area contributed by atoms with E-state index in [4.69, 9.17) is 29.9 Å². The Bertz CT molecular complexity index is 1050. The van der Waals surface area contributed by atoms with E-state index in [0.717, 1.165) is 47.4 Å². The molecule has 5 rings (SSSR count). The van der Waals surface area contributed by atoms with Crippen LogP contribution in [0, 0.1) is 0 Å². The SMILES string of the molecule is CCOC(=O)c1cccc(Sc2cc3nc(c2)CN[C@@H]2CCCC[C@H]2NCCN[C@@H]2CCCC[C@H]2NC3)c1.[Cl][Mn][Cl]. The first kappa shape index (κ1) is 33.0. The predicted molar refractivity (Wildman–Crippen MR) is 164 cm³/mol. The van der Waals surface area contributed by atoms with Crippen LogP contribution in [-0.4, -0.2) is 54.8 Å². The number of benzene rings is 1. The average molecular weight is 664 g/mol. The number of nitrogens with one attached hydrogen (secondary N) is 4. The quantitative estimate of drug-likeness (QED) is 0.242. The van der Waals surface area contributed by atoms with E-state index in [1.807, 2.05) is 25.1 Å². The molecule has 41 heavy (non-hydrogen) atoms. The summed E-state index contributed by atoms with van der Waals surface area (Å²) in [4.78, 5) is 19.5. The fourth-order valence-corrected chi connectivity index (χ4v) is 7.12. The van der Waals surface area contributed by atoms with Gasteiger partial charge in [-0.15, -0.1) is 0 Å². The van der Waals surface area contributed by atoms with Gasteiger partial charge in [0.15, 0.2) is 0 Å². The molecule has 4 N–H and O–H groups in total. The van der Waals surface area contributed by atoms with Gasteiger partial charge in [-0.25, -0.2) is 4.79 Å². The van der Waals surface area contributed by atoms with Crippen molar-refractivity contribution in [3.05, 3.63) is 53.3 Å². The van der Waals surface area contributed by atoms with Crippen LogP contribution in [0.1, 0.15) is 80.0 Å². The number of nitrogens with zero attached hydrogens (tertiary/aromatic N) is 1. The van der Waals surface area contributed by atoms with Crippen molar-refractivity contribution in [2.45, 2.75) is 105 Å². The van der Waals surface area contributed by atoms with Crippen LogP contribution >= 0.6 is 32.0 Å². The van der Waals surface area contributed by atoms with E-state index in [0.29, 0.717) is 36.3 Å². The number of ether oxygens (including phenoxy) is 1. The van der Waals surface area contributed by atoms with Gasteiger partial charge in [-0.2, -0.15) is 0 Å². The van der Waals surface area contributed by atoms with Gasteiger partial charge >= 0.3 is 39.3 Å². The molecule has 227 valence electrons. The summed E-state index contributed by atoms with van der Waals surface area (Å²) in [6, 6.07) is 14.1. The number of fused-ring (bicyclic) bond motifs is 4. The van der Waals surface area contributed by atoms with Crippen LogP contribution in [0.4, 0.5) is 0 Å². The number of carbonyl (C=O) groups is 1. The summed E-state index contributed by atoms with van der Waals surface area (Å²) in [6.07, 6.45) is 10.1. The summed E-state index contributed by atoms with van der Waals surface area (Å²) < 4.78 is 5.21. The van der Waals surface area contributed by atoms with Crippen LogP contribution in [0.15, 0.2) is 46.2 Å². The number of esters is 1. The predicted octanol–water partition coefficient (Wildman–Crippen LogP) is 5.78. The molecule has 1 aliphatic heterocycles. The first-order valence-electron chi connectivity index (χ1n) is 14.8. The monoisotopic (exact) mass is 662 g/mol. The molecule has 4 atom stereocenters. The number of hydrogen-bond acceptors (Lipinski definition) is 8. The summed E-state index contributed by atoms with van der Waals surface area (Å²) in [5.41, 5.74) is 2.74. The third kappa shape index (κ3) is 10.7. The Morgan fingerprint density at radius 3 is 1.88 bits per heavy atom. The van der Waals surface area contributed by atoms with Crippen molar-refractivity contribution in [3.63, 3.8) is 0 Å². The average Bonchev–Trinajstić information content (AvgIpc) is 2.99. The molecule has 2 aromatic rings. The second kappa shape index (κ2) is 18.1. The number of carbonyl (C=O) groups excluding carboxylic acids is 1. The second-order valence-corrected chi connectivity index (χ2v) is 14.0. The Hall–Kier alpha value is -0.871. The van der Waals surface area contributed by atoms with Crippen LogP contribution in [-0.2, 0) is 31.0 Å². The summed E-state index contributed by atoms with van der Waals surface area (Å²) in [7, 11) is 9.59. The molecule has 11 heteroatoms. The van der Waals surface area contributed by atoms with Gasteiger partial charge in [0.05, 0.1) is 23.6 Å². The summed E-state index contributed by atoms with van der Waals surface area (Å²) >= 11 is 1.69. The number of aromatic nitrogens is 1. The Morgan fingerprint density at radius 1 is 0.854 bits per heavy atom. The first-order valence-corrected chi connectivity index (χ1v) is 18.9. The van der Waals surface area contributed by atoms with Gasteiger partial charge in [0.2, 0.25) is 0 Å². The normalized spacial score (nSPS) is 25.2. The molecular weight excluding hydrogens is 620 g/mol. The zero-order valence-corrected chi connectivity index (χ0v) is 27.3. The van der Waals surface area contributed by atoms with Gasteiger partial charge in [-0.1, -0.05) is 43.5 Å². The van der Waals surface area contributed by atoms with Crippen molar-refractivity contribution in [2.24, 2.45) is 0 Å². The maximum absolute atomic E-state index is 12.3. The van der Waals surface area contributed by atoms with E-state index in [2.05, 4.69) is 39.5 Å². The zero-order chi connectivity index (χ0) is 28.9. The van der Waals surface area contributed by atoms with Crippen LogP contribution in [0.5, 0.6) is 0 Å². The minimum atomic E-state index is -0.275. The molecule has 0 amide bonds. The van der Waals surface area contributed by atoms with E-state index in [1.165, 1.54) is 51.4 Å². The third-order valence-electron chi connectivity index (χ3n) is 8.05. The Morgan fingerprint density at radius 2 is 1.37 bits per heavy atom. The summed E-state index contributed by atoms with van der Waals surface area (Å²) in [5.74, 6) is -0.275. The van der Waals surface area contributed by atoms with Crippen LogP contribution in [0.3, 0.4) is 0 Å². The number of rotatable bonds is 4. The van der Waals surface area contributed by atoms with Gasteiger partial charge in [0.25, 0.3) is 0 Å². The molecule has 2 saturated carbocycles. The first-order chi connectivity index (χ1) is 20.1. The summed E-state index contributed by atoms with van der Waals surface area (Å²) in [5, 5.41) is 15.4.